The van der Waals surface area contributed by atoms with E-state index in [0.29, 0.717) is 0 Å². The molecule has 0 bridgehead atoms. The zero-order valence-electron chi connectivity index (χ0n) is 11.5. The molecule has 2 N–H and O–H groups in total. The molecule has 0 aromatic rings. The molecule has 0 radical (unpaired) electrons. The Morgan fingerprint density at radius 3 is 2.17 bits per heavy atom. The lowest BCUT2D eigenvalue weighted by molar-refractivity contribution is 0.0819. The molecule has 0 amide bonds. The summed E-state index contributed by atoms with van der Waals surface area (Å²) in [6, 6.07) is 0.855. The van der Waals surface area contributed by atoms with Crippen LogP contribution in [-0.2, 0) is 0 Å². The molecule has 3 nitrogen and oxygen atoms in total. The molecule has 0 aromatic carbocycles. The van der Waals surface area contributed by atoms with Crippen molar-refractivity contribution in [1.29, 1.82) is 0 Å². The normalized spacial score (nSPS) is 27.0. The molecule has 0 unspecified atom stereocenters. The predicted octanol–water partition coefficient (Wildman–Crippen LogP) is 1.61. The van der Waals surface area contributed by atoms with Gasteiger partial charge in [0.1, 0.15) is 0 Å². The largest absolute Gasteiger partial charge is 0.393 e. The maximum atomic E-state index is 9.47. The number of hydrogen-bond donors (Lipinski definition) is 2. The average Bonchev–Trinajstić information content (AvgIpc) is 3.25. The van der Waals surface area contributed by atoms with Crippen molar-refractivity contribution in [2.75, 3.05) is 26.2 Å². The van der Waals surface area contributed by atoms with E-state index in [1.54, 1.807) is 0 Å². The van der Waals surface area contributed by atoms with E-state index in [1.165, 1.54) is 45.2 Å². The molecule has 2 aliphatic carbocycles. The summed E-state index contributed by atoms with van der Waals surface area (Å²) in [5.74, 6) is 2.03. The summed E-state index contributed by atoms with van der Waals surface area (Å²) in [5.41, 5.74) is 0. The first-order valence-corrected chi connectivity index (χ1v) is 7.97. The second kappa shape index (κ2) is 5.89. The smallest absolute Gasteiger partial charge is 0.0564 e. The van der Waals surface area contributed by atoms with Gasteiger partial charge in [-0.05, 0) is 69.9 Å². The lowest BCUT2D eigenvalue weighted by Crippen LogP contribution is -2.39. The molecule has 0 atom stereocenters. The quantitative estimate of drug-likeness (QED) is 0.676. The highest BCUT2D eigenvalue weighted by Gasteiger charge is 2.40. The Hall–Kier alpha value is -0.120. The third-order valence-electron chi connectivity index (χ3n) is 4.85. The molecule has 3 fully saturated rings. The van der Waals surface area contributed by atoms with Crippen molar-refractivity contribution in [3.63, 3.8) is 0 Å². The van der Waals surface area contributed by atoms with Gasteiger partial charge in [0.25, 0.3) is 0 Å². The molecule has 0 spiro atoms. The first-order valence-electron chi connectivity index (χ1n) is 7.97. The minimum absolute atomic E-state index is 0.0338. The summed E-state index contributed by atoms with van der Waals surface area (Å²) in [7, 11) is 0. The molecule has 1 heterocycles. The van der Waals surface area contributed by atoms with Gasteiger partial charge < -0.3 is 15.3 Å². The first kappa shape index (κ1) is 12.9. The fraction of sp³-hybridized carbons (Fsp3) is 1.00. The summed E-state index contributed by atoms with van der Waals surface area (Å²) in [6.07, 6.45) is 9.06. The molecule has 3 aliphatic rings. The van der Waals surface area contributed by atoms with Gasteiger partial charge in [0.15, 0.2) is 0 Å². The van der Waals surface area contributed by atoms with Gasteiger partial charge in [0.2, 0.25) is 0 Å². The fourth-order valence-corrected chi connectivity index (χ4v) is 3.34. The molecule has 3 rings (SSSR count). The maximum Gasteiger partial charge on any atom is 0.0564 e. The monoisotopic (exact) mass is 252 g/mol. The van der Waals surface area contributed by atoms with Crippen molar-refractivity contribution in [2.45, 2.75) is 57.1 Å². The number of rotatable bonds is 7. The molecule has 0 aromatic heterocycles. The average molecular weight is 252 g/mol. The molecule has 1 aliphatic heterocycles. The minimum atomic E-state index is -0.0338. The highest BCUT2D eigenvalue weighted by molar-refractivity contribution is 4.96. The van der Waals surface area contributed by atoms with Crippen LogP contribution in [-0.4, -0.2) is 48.3 Å². The van der Waals surface area contributed by atoms with Gasteiger partial charge in [-0.25, -0.2) is 0 Å². The summed E-state index contributed by atoms with van der Waals surface area (Å²) in [5, 5.41) is 13.3. The van der Waals surface area contributed by atoms with Crippen LogP contribution < -0.4 is 5.32 Å². The highest BCUT2D eigenvalue weighted by Crippen LogP contribution is 2.44. The van der Waals surface area contributed by atoms with Crippen LogP contribution in [0.25, 0.3) is 0 Å². The summed E-state index contributed by atoms with van der Waals surface area (Å²) in [6.45, 7) is 4.59. The Kier molecular flexibility index (Phi) is 4.22. The van der Waals surface area contributed by atoms with Crippen LogP contribution in [0.5, 0.6) is 0 Å². The van der Waals surface area contributed by atoms with Crippen molar-refractivity contribution in [3.8, 4) is 0 Å². The maximum absolute atomic E-state index is 9.47. The Bertz CT molecular complexity index is 243. The van der Waals surface area contributed by atoms with Crippen LogP contribution in [0.3, 0.4) is 0 Å². The lowest BCUT2D eigenvalue weighted by atomic mass is 10.1. The van der Waals surface area contributed by atoms with Crippen LogP contribution in [0.4, 0.5) is 0 Å². The van der Waals surface area contributed by atoms with Gasteiger partial charge in [-0.2, -0.15) is 0 Å². The van der Waals surface area contributed by atoms with Crippen LogP contribution in [0.2, 0.25) is 0 Å². The van der Waals surface area contributed by atoms with E-state index < -0.39 is 0 Å². The van der Waals surface area contributed by atoms with Gasteiger partial charge in [-0.15, -0.1) is 0 Å². The van der Waals surface area contributed by atoms with Crippen LogP contribution >= 0.6 is 0 Å². The van der Waals surface area contributed by atoms with Crippen molar-refractivity contribution < 1.29 is 5.11 Å². The predicted molar refractivity (Wildman–Crippen MR) is 73.5 cm³/mol. The van der Waals surface area contributed by atoms with Crippen LogP contribution in [0, 0.1) is 11.8 Å². The number of aliphatic hydroxyl groups is 1. The second-order valence-corrected chi connectivity index (χ2v) is 6.58. The minimum Gasteiger partial charge on any atom is -0.393 e. The SMILES string of the molecule is OC1CCN(CCCNC(C2CC2)C2CC2)CC1. The lowest BCUT2D eigenvalue weighted by Gasteiger charge is -2.29. The van der Waals surface area contributed by atoms with Crippen LogP contribution in [0.15, 0.2) is 0 Å². The van der Waals surface area contributed by atoms with Gasteiger partial charge in [-0.3, -0.25) is 0 Å². The molecule has 104 valence electrons. The number of piperidine rings is 1. The van der Waals surface area contributed by atoms with Crippen molar-refractivity contribution in [1.82, 2.24) is 10.2 Å². The summed E-state index contributed by atoms with van der Waals surface area (Å²) >= 11 is 0. The van der Waals surface area contributed by atoms with Gasteiger partial charge >= 0.3 is 0 Å². The zero-order chi connectivity index (χ0) is 12.4. The standard InChI is InChI=1S/C15H28N2O/c18-14-6-10-17(11-7-14)9-1-8-16-15(12-2-3-12)13-4-5-13/h12-16,18H,1-11H2. The number of nitrogens with one attached hydrogen (secondary N) is 1. The molecule has 3 heteroatoms. The van der Waals surface area contributed by atoms with E-state index in [-0.39, 0.29) is 6.10 Å². The zero-order valence-corrected chi connectivity index (χ0v) is 11.5. The highest BCUT2D eigenvalue weighted by atomic mass is 16.3. The third kappa shape index (κ3) is 3.69. The molecule has 2 saturated carbocycles. The van der Waals surface area contributed by atoms with E-state index in [1.807, 2.05) is 0 Å². The van der Waals surface area contributed by atoms with E-state index in [9.17, 15) is 5.11 Å². The Morgan fingerprint density at radius 2 is 1.61 bits per heavy atom. The topological polar surface area (TPSA) is 35.5 Å². The van der Waals surface area contributed by atoms with Gasteiger partial charge in [-0.1, -0.05) is 0 Å². The van der Waals surface area contributed by atoms with E-state index in [0.717, 1.165) is 43.8 Å². The van der Waals surface area contributed by atoms with Crippen molar-refractivity contribution in [2.24, 2.45) is 11.8 Å². The number of hydrogen-bond acceptors (Lipinski definition) is 3. The van der Waals surface area contributed by atoms with Gasteiger partial charge in [0.05, 0.1) is 6.10 Å². The van der Waals surface area contributed by atoms with Crippen molar-refractivity contribution >= 4 is 0 Å². The Labute approximate surface area is 111 Å². The van der Waals surface area contributed by atoms with E-state index in [4.69, 9.17) is 0 Å². The Morgan fingerprint density at radius 1 is 1.00 bits per heavy atom. The molecular formula is C15H28N2O. The first-order chi connectivity index (χ1) is 8.83. The summed E-state index contributed by atoms with van der Waals surface area (Å²) in [4.78, 5) is 2.51. The fourth-order valence-electron chi connectivity index (χ4n) is 3.34. The van der Waals surface area contributed by atoms with E-state index >= 15 is 0 Å². The molecule has 1 saturated heterocycles. The van der Waals surface area contributed by atoms with Gasteiger partial charge in [0, 0.05) is 19.1 Å². The third-order valence-corrected chi connectivity index (χ3v) is 4.85. The van der Waals surface area contributed by atoms with Crippen LogP contribution in [0.1, 0.15) is 44.9 Å². The number of aliphatic hydroxyl groups excluding tert-OH is 1. The van der Waals surface area contributed by atoms with E-state index in [2.05, 4.69) is 10.2 Å². The summed E-state index contributed by atoms with van der Waals surface area (Å²) < 4.78 is 0. The Balaban J connectivity index is 1.27. The van der Waals surface area contributed by atoms with Crippen molar-refractivity contribution in [3.05, 3.63) is 0 Å². The second-order valence-electron chi connectivity index (χ2n) is 6.58. The molecule has 18 heavy (non-hydrogen) atoms. The number of likely N-dealkylation sites (tertiary alicyclic amines) is 1. The molecular weight excluding hydrogens is 224 g/mol. The number of nitrogens with zero attached hydrogens (tertiary/aromatic N) is 1.